The van der Waals surface area contributed by atoms with E-state index in [4.69, 9.17) is 7.85 Å². The van der Waals surface area contributed by atoms with E-state index in [0.29, 0.717) is 18.6 Å². The van der Waals surface area contributed by atoms with Crippen LogP contribution < -0.4 is 5.46 Å². The Morgan fingerprint density at radius 1 is 1.31 bits per heavy atom. The predicted octanol–water partition coefficient (Wildman–Crippen LogP) is 1.39. The molecule has 66 valence electrons. The summed E-state index contributed by atoms with van der Waals surface area (Å²) in [6, 6.07) is 7.67. The van der Waals surface area contributed by atoms with Gasteiger partial charge >= 0.3 is 0 Å². The highest BCUT2D eigenvalue weighted by Crippen LogP contribution is 2.02. The van der Waals surface area contributed by atoms with Crippen LogP contribution >= 0.6 is 0 Å². The van der Waals surface area contributed by atoms with Gasteiger partial charge in [0.2, 0.25) is 0 Å². The van der Waals surface area contributed by atoms with Crippen molar-refractivity contribution in [3.05, 3.63) is 29.8 Å². The molecule has 2 radical (unpaired) electrons. The lowest BCUT2D eigenvalue weighted by Crippen LogP contribution is -2.02. The molecule has 0 bridgehead atoms. The Balaban J connectivity index is 2.46. The van der Waals surface area contributed by atoms with Crippen LogP contribution in [0.3, 0.4) is 0 Å². The average molecular weight is 172 g/mol. The molecule has 0 amide bonds. The lowest BCUT2D eigenvalue weighted by atomic mass is 9.94. The summed E-state index contributed by atoms with van der Waals surface area (Å²) in [5.41, 5.74) is 1.95. The molecule has 0 N–H and O–H groups in total. The zero-order valence-corrected chi connectivity index (χ0v) is 7.92. The van der Waals surface area contributed by atoms with Gasteiger partial charge in [-0.3, -0.25) is 4.79 Å². The van der Waals surface area contributed by atoms with Crippen molar-refractivity contribution in [1.82, 2.24) is 0 Å². The summed E-state index contributed by atoms with van der Waals surface area (Å²) < 4.78 is 0. The van der Waals surface area contributed by atoms with E-state index in [1.165, 1.54) is 5.56 Å². The Hall–Kier alpha value is -1.05. The molecular weight excluding hydrogens is 159 g/mol. The molecule has 1 aromatic carbocycles. The van der Waals surface area contributed by atoms with Crippen LogP contribution in [0, 0.1) is 0 Å². The van der Waals surface area contributed by atoms with Gasteiger partial charge in [0.25, 0.3) is 0 Å². The fourth-order valence-corrected chi connectivity index (χ4v) is 1.14. The van der Waals surface area contributed by atoms with E-state index < -0.39 is 0 Å². The van der Waals surface area contributed by atoms with Gasteiger partial charge in [-0.25, -0.2) is 0 Å². The average Bonchev–Trinajstić information content (AvgIpc) is 2.16. The maximum atomic E-state index is 11.0. The second kappa shape index (κ2) is 4.85. The minimum Gasteiger partial charge on any atom is -0.300 e. The molecule has 1 rings (SSSR count). The third-order valence-electron chi connectivity index (χ3n) is 2.07. The topological polar surface area (TPSA) is 17.1 Å². The summed E-state index contributed by atoms with van der Waals surface area (Å²) in [4.78, 5) is 11.0. The highest BCUT2D eigenvalue weighted by molar-refractivity contribution is 6.32. The molecule has 0 saturated heterocycles. The second-order valence-corrected chi connectivity index (χ2v) is 3.13. The van der Waals surface area contributed by atoms with Crippen LogP contribution in [0.25, 0.3) is 0 Å². The summed E-state index contributed by atoms with van der Waals surface area (Å²) in [5.74, 6) is 0.317. The SMILES string of the molecule is [B]c1ccc(CCC(=O)CC)cc1. The molecule has 0 saturated carbocycles. The minimum atomic E-state index is 0.317. The number of carbonyl (C=O) groups is 1. The van der Waals surface area contributed by atoms with Gasteiger partial charge < -0.3 is 0 Å². The van der Waals surface area contributed by atoms with Crippen molar-refractivity contribution in [3.8, 4) is 0 Å². The van der Waals surface area contributed by atoms with Crippen LogP contribution in [0.1, 0.15) is 25.3 Å². The number of hydrogen-bond donors (Lipinski definition) is 0. The number of Topliss-reactive ketones (excluding diaryl/α,β-unsaturated/α-hetero) is 1. The molecule has 0 aliphatic rings. The van der Waals surface area contributed by atoms with Crippen LogP contribution in [0.5, 0.6) is 0 Å². The highest BCUT2D eigenvalue weighted by Gasteiger charge is 1.98. The zero-order chi connectivity index (χ0) is 9.68. The number of carbonyl (C=O) groups excluding carboxylic acids is 1. The van der Waals surface area contributed by atoms with Gasteiger partial charge in [-0.05, 0) is 12.0 Å². The molecule has 0 atom stereocenters. The van der Waals surface area contributed by atoms with Gasteiger partial charge in [-0.1, -0.05) is 36.7 Å². The van der Waals surface area contributed by atoms with E-state index in [0.717, 1.165) is 11.9 Å². The first-order valence-electron chi connectivity index (χ1n) is 4.58. The standard InChI is InChI=1S/C11H13BO/c1-2-11(13)8-5-9-3-6-10(12)7-4-9/h3-4,6-7H,2,5,8H2,1H3. The molecule has 1 nitrogen and oxygen atoms in total. The third-order valence-corrected chi connectivity index (χ3v) is 2.07. The Morgan fingerprint density at radius 3 is 2.46 bits per heavy atom. The molecule has 0 heterocycles. The zero-order valence-electron chi connectivity index (χ0n) is 7.92. The molecule has 0 fully saturated rings. The minimum absolute atomic E-state index is 0.317. The number of ketones is 1. The fraction of sp³-hybridized carbons (Fsp3) is 0.364. The monoisotopic (exact) mass is 172 g/mol. The van der Waals surface area contributed by atoms with Crippen molar-refractivity contribution < 1.29 is 4.79 Å². The third kappa shape index (κ3) is 3.45. The maximum absolute atomic E-state index is 11.0. The van der Waals surface area contributed by atoms with E-state index in [1.807, 2.05) is 31.2 Å². The normalized spacial score (nSPS) is 9.92. The number of benzene rings is 1. The van der Waals surface area contributed by atoms with E-state index in [-0.39, 0.29) is 0 Å². The van der Waals surface area contributed by atoms with Crippen LogP contribution in [-0.4, -0.2) is 13.6 Å². The molecule has 0 unspecified atom stereocenters. The summed E-state index contributed by atoms with van der Waals surface area (Å²) >= 11 is 0. The number of aryl methyl sites for hydroxylation is 1. The first-order chi connectivity index (χ1) is 6.22. The molecule has 13 heavy (non-hydrogen) atoms. The van der Waals surface area contributed by atoms with Crippen LogP contribution in [-0.2, 0) is 11.2 Å². The van der Waals surface area contributed by atoms with E-state index >= 15 is 0 Å². The maximum Gasteiger partial charge on any atom is 0.132 e. The van der Waals surface area contributed by atoms with Gasteiger partial charge in [0, 0.05) is 12.8 Å². The van der Waals surface area contributed by atoms with Gasteiger partial charge in [-0.2, -0.15) is 0 Å². The first kappa shape index (κ1) is 10.0. The summed E-state index contributed by atoms with van der Waals surface area (Å²) in [6.45, 7) is 1.89. The molecular formula is C11H13BO. The highest BCUT2D eigenvalue weighted by atomic mass is 16.1. The Labute approximate surface area is 80.6 Å². The van der Waals surface area contributed by atoms with E-state index in [2.05, 4.69) is 0 Å². The summed E-state index contributed by atoms with van der Waals surface area (Å²) in [7, 11) is 5.54. The van der Waals surface area contributed by atoms with Crippen molar-refractivity contribution in [3.63, 3.8) is 0 Å². The molecule has 0 spiro atoms. The van der Waals surface area contributed by atoms with Gasteiger partial charge in [-0.15, -0.1) is 0 Å². The molecule has 2 heteroatoms. The van der Waals surface area contributed by atoms with Crippen molar-refractivity contribution in [2.24, 2.45) is 0 Å². The van der Waals surface area contributed by atoms with Crippen molar-refractivity contribution in [1.29, 1.82) is 0 Å². The molecule has 0 aliphatic heterocycles. The lowest BCUT2D eigenvalue weighted by Gasteiger charge is -2.00. The van der Waals surface area contributed by atoms with E-state index in [1.54, 1.807) is 0 Å². The number of hydrogen-bond acceptors (Lipinski definition) is 1. The van der Waals surface area contributed by atoms with Crippen molar-refractivity contribution >= 4 is 19.1 Å². The van der Waals surface area contributed by atoms with Crippen molar-refractivity contribution in [2.75, 3.05) is 0 Å². The Morgan fingerprint density at radius 2 is 1.92 bits per heavy atom. The molecule has 0 aliphatic carbocycles. The lowest BCUT2D eigenvalue weighted by molar-refractivity contribution is -0.118. The largest absolute Gasteiger partial charge is 0.300 e. The van der Waals surface area contributed by atoms with Gasteiger partial charge in [0.15, 0.2) is 0 Å². The second-order valence-electron chi connectivity index (χ2n) is 3.13. The smallest absolute Gasteiger partial charge is 0.132 e. The molecule has 0 aromatic heterocycles. The number of rotatable bonds is 4. The first-order valence-corrected chi connectivity index (χ1v) is 4.58. The van der Waals surface area contributed by atoms with Crippen LogP contribution in [0.2, 0.25) is 0 Å². The van der Waals surface area contributed by atoms with Crippen LogP contribution in [0.15, 0.2) is 24.3 Å². The Bertz CT molecular complexity index is 277. The summed E-state index contributed by atoms with van der Waals surface area (Å²) in [5, 5.41) is 0. The van der Waals surface area contributed by atoms with Gasteiger partial charge in [0.1, 0.15) is 13.6 Å². The fourth-order valence-electron chi connectivity index (χ4n) is 1.14. The summed E-state index contributed by atoms with van der Waals surface area (Å²) in [6.07, 6.45) is 2.10. The Kier molecular flexibility index (Phi) is 3.75. The van der Waals surface area contributed by atoms with E-state index in [9.17, 15) is 4.79 Å². The quantitative estimate of drug-likeness (QED) is 0.627. The van der Waals surface area contributed by atoms with Crippen LogP contribution in [0.4, 0.5) is 0 Å². The van der Waals surface area contributed by atoms with Crippen molar-refractivity contribution in [2.45, 2.75) is 26.2 Å². The van der Waals surface area contributed by atoms with Gasteiger partial charge in [0.05, 0.1) is 0 Å². The predicted molar refractivity (Wildman–Crippen MR) is 55.4 cm³/mol. The molecule has 1 aromatic rings.